The number of carbonyl (C=O) groups is 1. The number of aromatic nitrogens is 2. The monoisotopic (exact) mass is 310 g/mol. The first-order valence-electron chi connectivity index (χ1n) is 7.82. The molecule has 0 aromatic carbocycles. The summed E-state index contributed by atoms with van der Waals surface area (Å²) in [4.78, 5) is 26.2. The molecule has 0 spiro atoms. The molecule has 4 heterocycles. The molecule has 0 saturated carbocycles. The van der Waals surface area contributed by atoms with Gasteiger partial charge in [0.2, 0.25) is 0 Å². The van der Waals surface area contributed by atoms with Crippen LogP contribution in [0.25, 0.3) is 17.1 Å². The van der Waals surface area contributed by atoms with Crippen LogP contribution in [-0.4, -0.2) is 46.9 Å². The van der Waals surface area contributed by atoms with Gasteiger partial charge in [-0.05, 0) is 31.1 Å². The molecule has 0 unspecified atom stereocenters. The molecule has 23 heavy (non-hydrogen) atoms. The Labute approximate surface area is 133 Å². The van der Waals surface area contributed by atoms with Gasteiger partial charge < -0.3 is 9.72 Å². The zero-order chi connectivity index (χ0) is 15.8. The molecule has 118 valence electrons. The molecule has 2 aliphatic rings. The topological polar surface area (TPSA) is 70.6 Å². The number of amides is 1. The molecule has 2 aliphatic heterocycles. The number of amidine groups is 1. The molecule has 0 aliphatic carbocycles. The minimum atomic E-state index is -0.0512. The van der Waals surface area contributed by atoms with Crippen molar-refractivity contribution in [3.05, 3.63) is 35.8 Å². The number of likely N-dealkylation sites (N-methyl/N-ethyl adjacent to an activating group) is 1. The largest absolute Gasteiger partial charge is 0.381 e. The number of aromatic amines is 1. The van der Waals surface area contributed by atoms with Crippen LogP contribution in [0.4, 0.5) is 0 Å². The lowest BCUT2D eigenvalue weighted by molar-refractivity contribution is -0.121. The highest BCUT2D eigenvalue weighted by Crippen LogP contribution is 2.27. The number of H-pyrrole nitrogens is 1. The molecule has 0 bridgehead atoms. The molecule has 1 saturated heterocycles. The third-order valence-electron chi connectivity index (χ3n) is 4.46. The van der Waals surface area contributed by atoms with Crippen molar-refractivity contribution >= 4 is 28.9 Å². The van der Waals surface area contributed by atoms with Gasteiger partial charge in [-0.2, -0.15) is 0 Å². The number of rotatable bonds is 2. The molecule has 1 amide bonds. The number of hydrogen-bond donors (Lipinski definition) is 1. The van der Waals surface area contributed by atoms with Gasteiger partial charge in [0.25, 0.3) is 5.91 Å². The lowest BCUT2D eigenvalue weighted by Crippen LogP contribution is -2.35. The van der Waals surface area contributed by atoms with Crippen LogP contribution < -0.4 is 0 Å². The Morgan fingerprint density at radius 2 is 2.22 bits per heavy atom. The summed E-state index contributed by atoms with van der Waals surface area (Å²) in [6.45, 7) is 1.47. The maximum atomic E-state index is 12.5. The maximum absolute atomic E-state index is 12.5. The molecule has 1 N–H and O–H groups in total. The average molecular weight is 310 g/mol. The Hall–Kier alpha value is -2.47. The van der Waals surface area contributed by atoms with Crippen molar-refractivity contribution in [1.29, 1.82) is 0 Å². The molecule has 0 atom stereocenters. The first-order valence-corrected chi connectivity index (χ1v) is 7.82. The van der Waals surface area contributed by atoms with Gasteiger partial charge in [0.1, 0.15) is 17.2 Å². The molecule has 6 nitrogen and oxygen atoms in total. The summed E-state index contributed by atoms with van der Waals surface area (Å²) in [5, 5.41) is 0.991. The van der Waals surface area contributed by atoms with Gasteiger partial charge in [0.05, 0.1) is 0 Å². The highest BCUT2D eigenvalue weighted by atomic mass is 16.5. The quantitative estimate of drug-likeness (QED) is 0.864. The van der Waals surface area contributed by atoms with E-state index in [0.29, 0.717) is 11.6 Å². The number of carbonyl (C=O) groups excluding carboxylic acids is 1. The minimum absolute atomic E-state index is 0.0512. The van der Waals surface area contributed by atoms with Gasteiger partial charge in [-0.25, -0.2) is 9.98 Å². The Morgan fingerprint density at radius 3 is 3.04 bits per heavy atom. The molecular weight excluding hydrogens is 292 g/mol. The predicted octanol–water partition coefficient (Wildman–Crippen LogP) is 2.20. The van der Waals surface area contributed by atoms with Gasteiger partial charge in [-0.1, -0.05) is 0 Å². The molecule has 4 rings (SSSR count). The summed E-state index contributed by atoms with van der Waals surface area (Å²) in [7, 11) is 1.80. The highest BCUT2D eigenvalue weighted by Gasteiger charge is 2.33. The van der Waals surface area contributed by atoms with E-state index < -0.39 is 0 Å². The van der Waals surface area contributed by atoms with E-state index in [1.54, 1.807) is 18.1 Å². The average Bonchev–Trinajstić information content (AvgIpc) is 3.13. The highest BCUT2D eigenvalue weighted by molar-refractivity contribution is 6.15. The normalized spacial score (nSPS) is 21.4. The van der Waals surface area contributed by atoms with Crippen molar-refractivity contribution in [3.63, 3.8) is 0 Å². The number of nitrogens with zero attached hydrogens (tertiary/aromatic N) is 3. The van der Waals surface area contributed by atoms with Crippen LogP contribution in [0.1, 0.15) is 18.4 Å². The van der Waals surface area contributed by atoms with Crippen LogP contribution >= 0.6 is 0 Å². The van der Waals surface area contributed by atoms with Gasteiger partial charge in [0.15, 0.2) is 0 Å². The summed E-state index contributed by atoms with van der Waals surface area (Å²) < 4.78 is 5.40. The van der Waals surface area contributed by atoms with Crippen LogP contribution in [0.2, 0.25) is 0 Å². The van der Waals surface area contributed by atoms with Crippen molar-refractivity contribution < 1.29 is 9.53 Å². The maximum Gasteiger partial charge on any atom is 0.277 e. The lowest BCUT2D eigenvalue weighted by Gasteiger charge is -2.25. The molecule has 1 fully saturated rings. The van der Waals surface area contributed by atoms with E-state index in [9.17, 15) is 4.79 Å². The van der Waals surface area contributed by atoms with E-state index in [0.717, 1.165) is 48.5 Å². The number of nitrogens with one attached hydrogen (secondary N) is 1. The Bertz CT molecular complexity index is 815. The molecule has 2 aromatic rings. The van der Waals surface area contributed by atoms with Crippen LogP contribution in [-0.2, 0) is 9.53 Å². The number of hydrogen-bond acceptors (Lipinski definition) is 4. The number of fused-ring (bicyclic) bond motifs is 1. The van der Waals surface area contributed by atoms with Crippen molar-refractivity contribution in [3.8, 4) is 0 Å². The van der Waals surface area contributed by atoms with Gasteiger partial charge in [0, 0.05) is 49.5 Å². The lowest BCUT2D eigenvalue weighted by atomic mass is 9.98. The molecule has 2 aromatic heterocycles. The fourth-order valence-electron chi connectivity index (χ4n) is 3.18. The Kier molecular flexibility index (Phi) is 3.46. The molecule has 6 heteroatoms. The van der Waals surface area contributed by atoms with Crippen LogP contribution in [0, 0.1) is 5.92 Å². The van der Waals surface area contributed by atoms with Crippen LogP contribution in [0.15, 0.2) is 35.2 Å². The van der Waals surface area contributed by atoms with Crippen LogP contribution in [0.3, 0.4) is 0 Å². The van der Waals surface area contributed by atoms with E-state index in [4.69, 9.17) is 4.74 Å². The van der Waals surface area contributed by atoms with Gasteiger partial charge in [-0.15, -0.1) is 0 Å². The fourth-order valence-corrected chi connectivity index (χ4v) is 3.18. The summed E-state index contributed by atoms with van der Waals surface area (Å²) in [5.74, 6) is 1.11. The summed E-state index contributed by atoms with van der Waals surface area (Å²) in [6, 6.07) is 3.87. The Balaban J connectivity index is 1.70. The standard InChI is InChI=1S/C17H18N4O2/c1-21-16(11-4-7-23-8-5-11)20-14(17(21)22)9-12-10-19-15-13(12)3-2-6-18-15/h2-3,6,9-11H,4-5,7-8H2,1H3,(H,18,19)/b14-9-. The van der Waals surface area contributed by atoms with E-state index in [2.05, 4.69) is 15.0 Å². The van der Waals surface area contributed by atoms with Crippen LogP contribution in [0.5, 0.6) is 0 Å². The number of pyridine rings is 1. The van der Waals surface area contributed by atoms with Crippen molar-refractivity contribution in [2.45, 2.75) is 12.8 Å². The summed E-state index contributed by atoms with van der Waals surface area (Å²) in [5.41, 5.74) is 2.23. The summed E-state index contributed by atoms with van der Waals surface area (Å²) in [6.07, 6.45) is 7.28. The first kappa shape index (κ1) is 14.1. The zero-order valence-corrected chi connectivity index (χ0v) is 13.0. The molecular formula is C17H18N4O2. The van der Waals surface area contributed by atoms with E-state index >= 15 is 0 Å². The second kappa shape index (κ2) is 5.62. The van der Waals surface area contributed by atoms with Crippen molar-refractivity contribution in [2.75, 3.05) is 20.3 Å². The van der Waals surface area contributed by atoms with Crippen molar-refractivity contribution in [1.82, 2.24) is 14.9 Å². The number of aliphatic imine (C=N–C) groups is 1. The minimum Gasteiger partial charge on any atom is -0.381 e. The number of ether oxygens (including phenoxy) is 1. The first-order chi connectivity index (χ1) is 11.2. The second-order valence-electron chi connectivity index (χ2n) is 5.89. The zero-order valence-electron chi connectivity index (χ0n) is 13.0. The summed E-state index contributed by atoms with van der Waals surface area (Å²) >= 11 is 0. The van der Waals surface area contributed by atoms with E-state index in [1.165, 1.54) is 0 Å². The fraction of sp³-hybridized carbons (Fsp3) is 0.353. The van der Waals surface area contributed by atoms with Crippen molar-refractivity contribution in [2.24, 2.45) is 10.9 Å². The van der Waals surface area contributed by atoms with Gasteiger partial charge in [-0.3, -0.25) is 9.69 Å². The van der Waals surface area contributed by atoms with Gasteiger partial charge >= 0.3 is 0 Å². The second-order valence-corrected chi connectivity index (χ2v) is 5.89. The van der Waals surface area contributed by atoms with E-state index in [1.807, 2.05) is 24.4 Å². The Morgan fingerprint density at radius 1 is 1.39 bits per heavy atom. The van der Waals surface area contributed by atoms with E-state index in [-0.39, 0.29) is 5.91 Å². The third kappa shape index (κ3) is 2.45. The third-order valence-corrected chi connectivity index (χ3v) is 4.46. The molecule has 0 radical (unpaired) electrons. The SMILES string of the molecule is CN1C(=O)/C(=C/c2c[nH]c3ncccc23)N=C1C1CCOCC1. The smallest absolute Gasteiger partial charge is 0.277 e. The predicted molar refractivity (Wildman–Crippen MR) is 87.8 cm³/mol.